The average molecular weight is 482 g/mol. The Labute approximate surface area is 204 Å². The molecule has 0 N–H and O–H groups in total. The number of hydrogen-bond acceptors (Lipinski definition) is 4. The number of nitrogens with zero attached hydrogens (tertiary/aromatic N) is 1. The minimum atomic E-state index is -0.131. The van der Waals surface area contributed by atoms with Crippen molar-refractivity contribution in [3.05, 3.63) is 92.7 Å². The summed E-state index contributed by atoms with van der Waals surface area (Å²) in [4.78, 5) is 15.2. The van der Waals surface area contributed by atoms with Gasteiger partial charge in [-0.25, -0.2) is 0 Å². The Bertz CT molecular complexity index is 1210. The van der Waals surface area contributed by atoms with Crippen LogP contribution >= 0.6 is 23.2 Å². The first-order chi connectivity index (χ1) is 15.9. The van der Waals surface area contributed by atoms with E-state index in [0.717, 1.165) is 35.5 Å². The zero-order valence-electron chi connectivity index (χ0n) is 18.8. The van der Waals surface area contributed by atoms with Crippen LogP contribution in [0.5, 0.6) is 11.5 Å². The summed E-state index contributed by atoms with van der Waals surface area (Å²) in [5, 5.41) is 1.12. The van der Waals surface area contributed by atoms with Crippen LogP contribution in [0.2, 0.25) is 10.0 Å². The summed E-state index contributed by atoms with van der Waals surface area (Å²) in [5.41, 5.74) is 4.20. The lowest BCUT2D eigenvalue weighted by Gasteiger charge is -2.20. The van der Waals surface area contributed by atoms with Gasteiger partial charge in [0, 0.05) is 39.9 Å². The monoisotopic (exact) mass is 481 g/mol. The molecule has 0 aliphatic carbocycles. The molecule has 170 valence electrons. The van der Waals surface area contributed by atoms with Gasteiger partial charge in [-0.3, -0.25) is 4.79 Å². The van der Waals surface area contributed by atoms with Crippen LogP contribution in [0.1, 0.15) is 40.9 Å². The van der Waals surface area contributed by atoms with Crippen LogP contribution in [-0.4, -0.2) is 18.9 Å². The van der Waals surface area contributed by atoms with E-state index in [1.54, 1.807) is 30.3 Å². The summed E-state index contributed by atoms with van der Waals surface area (Å²) < 4.78 is 12.0. The number of anilines is 1. The van der Waals surface area contributed by atoms with E-state index in [9.17, 15) is 4.79 Å². The first-order valence-corrected chi connectivity index (χ1v) is 11.7. The van der Waals surface area contributed by atoms with Crippen LogP contribution in [0.15, 0.2) is 60.4 Å². The van der Waals surface area contributed by atoms with Gasteiger partial charge in [-0.2, -0.15) is 0 Å². The van der Waals surface area contributed by atoms with Crippen LogP contribution in [0, 0.1) is 6.92 Å². The predicted octanol–water partition coefficient (Wildman–Crippen LogP) is 7.34. The zero-order valence-corrected chi connectivity index (χ0v) is 20.3. The van der Waals surface area contributed by atoms with Crippen molar-refractivity contribution in [1.82, 2.24) is 0 Å². The molecule has 1 heterocycles. The molecule has 0 radical (unpaired) electrons. The molecule has 0 aromatic heterocycles. The SMILES string of the molecule is CCN(CC)c1ccc(/C=C2\Oc3c(ccc(OCc4ccc(Cl)cc4Cl)c3C)C2=O)cc1. The molecule has 4 nitrogen and oxygen atoms in total. The summed E-state index contributed by atoms with van der Waals surface area (Å²) in [5.74, 6) is 1.35. The van der Waals surface area contributed by atoms with Crippen molar-refractivity contribution in [3.63, 3.8) is 0 Å². The molecule has 0 saturated heterocycles. The van der Waals surface area contributed by atoms with Gasteiger partial charge in [-0.05, 0) is 68.8 Å². The molecule has 3 aromatic carbocycles. The van der Waals surface area contributed by atoms with Gasteiger partial charge < -0.3 is 14.4 Å². The molecule has 0 spiro atoms. The van der Waals surface area contributed by atoms with Gasteiger partial charge in [-0.1, -0.05) is 41.4 Å². The number of allylic oxidation sites excluding steroid dienone is 1. The molecule has 6 heteroatoms. The number of fused-ring (bicyclic) bond motifs is 1. The zero-order chi connectivity index (χ0) is 23.5. The van der Waals surface area contributed by atoms with E-state index in [2.05, 4.69) is 30.9 Å². The molecule has 0 fully saturated rings. The van der Waals surface area contributed by atoms with Crippen molar-refractivity contribution in [2.45, 2.75) is 27.4 Å². The average Bonchev–Trinajstić information content (AvgIpc) is 3.12. The largest absolute Gasteiger partial charge is 0.488 e. The van der Waals surface area contributed by atoms with Crippen LogP contribution < -0.4 is 14.4 Å². The number of Topliss-reactive ketones (excluding diaryl/α,β-unsaturated/α-hetero) is 1. The molecule has 0 amide bonds. The second-order valence-electron chi connectivity index (χ2n) is 7.79. The van der Waals surface area contributed by atoms with Crippen molar-refractivity contribution in [1.29, 1.82) is 0 Å². The number of carbonyl (C=O) groups is 1. The maximum Gasteiger partial charge on any atom is 0.231 e. The minimum absolute atomic E-state index is 0.131. The fourth-order valence-corrected chi connectivity index (χ4v) is 4.30. The first kappa shape index (κ1) is 23.2. The number of halogens is 2. The van der Waals surface area contributed by atoms with Crippen molar-refractivity contribution in [2.75, 3.05) is 18.0 Å². The van der Waals surface area contributed by atoms with E-state index in [1.807, 2.05) is 25.1 Å². The van der Waals surface area contributed by atoms with Crippen LogP contribution in [0.25, 0.3) is 6.08 Å². The highest BCUT2D eigenvalue weighted by atomic mass is 35.5. The summed E-state index contributed by atoms with van der Waals surface area (Å²) in [6, 6.07) is 16.9. The quantitative estimate of drug-likeness (QED) is 0.330. The van der Waals surface area contributed by atoms with Gasteiger partial charge in [-0.15, -0.1) is 0 Å². The molecule has 0 bridgehead atoms. The topological polar surface area (TPSA) is 38.8 Å². The van der Waals surface area contributed by atoms with Crippen molar-refractivity contribution in [2.24, 2.45) is 0 Å². The number of hydrogen-bond donors (Lipinski definition) is 0. The van der Waals surface area contributed by atoms with Crippen molar-refractivity contribution in [3.8, 4) is 11.5 Å². The number of carbonyl (C=O) groups excluding carboxylic acids is 1. The predicted molar refractivity (Wildman–Crippen MR) is 135 cm³/mol. The molecular weight excluding hydrogens is 457 g/mol. The standard InChI is InChI=1S/C27H25Cl2NO3/c1-4-30(5-2)21-10-6-18(7-11-21)14-25-26(31)22-12-13-24(17(3)27(22)33-25)32-16-19-8-9-20(28)15-23(19)29/h6-15H,4-5,16H2,1-3H3/b25-14-. The molecule has 33 heavy (non-hydrogen) atoms. The molecule has 1 aliphatic rings. The molecule has 0 atom stereocenters. The Hall–Kier alpha value is -2.95. The van der Waals surface area contributed by atoms with E-state index in [0.29, 0.717) is 32.9 Å². The van der Waals surface area contributed by atoms with Gasteiger partial charge >= 0.3 is 0 Å². The van der Waals surface area contributed by atoms with Gasteiger partial charge in [0.25, 0.3) is 0 Å². The maximum absolute atomic E-state index is 12.9. The van der Waals surface area contributed by atoms with Gasteiger partial charge in [0.05, 0.1) is 5.56 Å². The van der Waals surface area contributed by atoms with E-state index in [4.69, 9.17) is 32.7 Å². The maximum atomic E-state index is 12.9. The number of benzene rings is 3. The van der Waals surface area contributed by atoms with E-state index in [1.165, 1.54) is 0 Å². The van der Waals surface area contributed by atoms with Gasteiger partial charge in [0.1, 0.15) is 18.1 Å². The summed E-state index contributed by atoms with van der Waals surface area (Å²) >= 11 is 12.2. The molecule has 0 saturated carbocycles. The Morgan fingerprint density at radius 2 is 1.73 bits per heavy atom. The first-order valence-electron chi connectivity index (χ1n) is 10.9. The fourth-order valence-electron chi connectivity index (χ4n) is 3.84. The fraction of sp³-hybridized carbons (Fsp3) is 0.222. The molecule has 3 aromatic rings. The number of ether oxygens (including phenoxy) is 2. The van der Waals surface area contributed by atoms with Crippen molar-refractivity contribution >= 4 is 40.7 Å². The highest BCUT2D eigenvalue weighted by Gasteiger charge is 2.30. The van der Waals surface area contributed by atoms with Gasteiger partial charge in [0.15, 0.2) is 5.76 Å². The summed E-state index contributed by atoms with van der Waals surface area (Å²) in [7, 11) is 0. The number of rotatable bonds is 7. The lowest BCUT2D eigenvalue weighted by atomic mass is 10.1. The molecular formula is C27H25Cl2NO3. The second kappa shape index (κ2) is 9.90. The minimum Gasteiger partial charge on any atom is -0.488 e. The lowest BCUT2D eigenvalue weighted by molar-refractivity contribution is 0.101. The molecule has 4 rings (SSSR count). The lowest BCUT2D eigenvalue weighted by Crippen LogP contribution is -2.21. The van der Waals surface area contributed by atoms with Crippen LogP contribution in [0.4, 0.5) is 5.69 Å². The van der Waals surface area contributed by atoms with E-state index >= 15 is 0 Å². The highest BCUT2D eigenvalue weighted by Crippen LogP contribution is 2.39. The van der Waals surface area contributed by atoms with E-state index in [-0.39, 0.29) is 12.4 Å². The third-order valence-corrected chi connectivity index (χ3v) is 6.34. The summed E-state index contributed by atoms with van der Waals surface area (Å²) in [6.07, 6.45) is 1.78. The Morgan fingerprint density at radius 3 is 2.39 bits per heavy atom. The summed E-state index contributed by atoms with van der Waals surface area (Å²) in [6.45, 7) is 8.32. The van der Waals surface area contributed by atoms with Gasteiger partial charge in [0.2, 0.25) is 5.78 Å². The second-order valence-corrected chi connectivity index (χ2v) is 8.64. The highest BCUT2D eigenvalue weighted by molar-refractivity contribution is 6.35. The Morgan fingerprint density at radius 1 is 1.00 bits per heavy atom. The van der Waals surface area contributed by atoms with Crippen LogP contribution in [-0.2, 0) is 6.61 Å². The third-order valence-electron chi connectivity index (χ3n) is 5.75. The molecule has 0 unspecified atom stereocenters. The van der Waals surface area contributed by atoms with Crippen LogP contribution in [0.3, 0.4) is 0 Å². The van der Waals surface area contributed by atoms with E-state index < -0.39 is 0 Å². The smallest absolute Gasteiger partial charge is 0.231 e. The Kier molecular flexibility index (Phi) is 6.96. The third kappa shape index (κ3) is 4.87. The van der Waals surface area contributed by atoms with Crippen molar-refractivity contribution < 1.29 is 14.3 Å². The number of ketones is 1. The Balaban J connectivity index is 1.52. The molecule has 1 aliphatic heterocycles. The normalized spacial score (nSPS) is 13.7.